The second-order valence-corrected chi connectivity index (χ2v) is 9.50. The predicted octanol–water partition coefficient (Wildman–Crippen LogP) is -0.885. The van der Waals surface area contributed by atoms with Gasteiger partial charge in [-0.05, 0) is 43.9 Å². The van der Waals surface area contributed by atoms with Crippen molar-refractivity contribution >= 4 is 29.7 Å². The molecule has 0 aromatic rings. The van der Waals surface area contributed by atoms with Gasteiger partial charge >= 0.3 is 5.97 Å². The van der Waals surface area contributed by atoms with E-state index < -0.39 is 47.9 Å². The number of carbonyl (C=O) groups excluding carboxylic acids is 3. The molecule has 12 nitrogen and oxygen atoms in total. The molecule has 9 N–H and O–H groups in total. The first-order valence-corrected chi connectivity index (χ1v) is 11.8. The maximum atomic E-state index is 13.4. The van der Waals surface area contributed by atoms with Crippen molar-refractivity contribution in [2.75, 3.05) is 13.1 Å². The summed E-state index contributed by atoms with van der Waals surface area (Å²) in [5.41, 5.74) is 16.6. The van der Waals surface area contributed by atoms with Crippen LogP contribution in [0.15, 0.2) is 4.99 Å². The van der Waals surface area contributed by atoms with Crippen LogP contribution in [0.4, 0.5) is 0 Å². The minimum absolute atomic E-state index is 0.0673. The first kappa shape index (κ1) is 29.1. The average molecular weight is 484 g/mol. The van der Waals surface area contributed by atoms with Gasteiger partial charge < -0.3 is 37.8 Å². The lowest BCUT2D eigenvalue weighted by atomic mass is 10.0. The number of carboxylic acids is 1. The highest BCUT2D eigenvalue weighted by Crippen LogP contribution is 2.20. The fourth-order valence-corrected chi connectivity index (χ4v) is 3.80. The van der Waals surface area contributed by atoms with Crippen molar-refractivity contribution in [1.29, 1.82) is 0 Å². The molecular formula is C22H41N7O5. The van der Waals surface area contributed by atoms with Gasteiger partial charge in [-0.25, -0.2) is 4.79 Å². The Hall–Kier alpha value is -2.89. The second kappa shape index (κ2) is 13.7. The van der Waals surface area contributed by atoms with Crippen molar-refractivity contribution in [3.05, 3.63) is 0 Å². The Bertz CT molecular complexity index is 752. The molecule has 1 aliphatic heterocycles. The maximum absolute atomic E-state index is 13.4. The Morgan fingerprint density at radius 3 is 2.26 bits per heavy atom. The number of likely N-dealkylation sites (tertiary alicyclic amines) is 1. The van der Waals surface area contributed by atoms with Gasteiger partial charge in [-0.1, -0.05) is 27.7 Å². The maximum Gasteiger partial charge on any atom is 0.326 e. The van der Waals surface area contributed by atoms with Crippen LogP contribution in [0.25, 0.3) is 0 Å². The molecule has 0 saturated carbocycles. The van der Waals surface area contributed by atoms with Gasteiger partial charge in [0.25, 0.3) is 0 Å². The summed E-state index contributed by atoms with van der Waals surface area (Å²) >= 11 is 0. The van der Waals surface area contributed by atoms with Crippen LogP contribution in [0, 0.1) is 11.8 Å². The number of rotatable bonds is 13. The van der Waals surface area contributed by atoms with Crippen LogP contribution >= 0.6 is 0 Å². The summed E-state index contributed by atoms with van der Waals surface area (Å²) in [6.45, 7) is 7.94. The fourth-order valence-electron chi connectivity index (χ4n) is 3.80. The Balaban J connectivity index is 2.99. The molecule has 0 aliphatic carbocycles. The van der Waals surface area contributed by atoms with E-state index in [2.05, 4.69) is 15.6 Å². The number of guanidine groups is 1. The van der Waals surface area contributed by atoms with E-state index in [1.807, 2.05) is 13.8 Å². The van der Waals surface area contributed by atoms with Gasteiger partial charge in [-0.2, -0.15) is 0 Å². The summed E-state index contributed by atoms with van der Waals surface area (Å²) in [5.74, 6) is -2.64. The van der Waals surface area contributed by atoms with Crippen molar-refractivity contribution in [2.24, 2.45) is 34.0 Å². The third-order valence-corrected chi connectivity index (χ3v) is 5.74. The van der Waals surface area contributed by atoms with Crippen LogP contribution in [-0.4, -0.2) is 76.9 Å². The van der Waals surface area contributed by atoms with Crippen molar-refractivity contribution in [2.45, 2.75) is 84.0 Å². The van der Waals surface area contributed by atoms with E-state index >= 15 is 0 Å². The molecule has 0 bridgehead atoms. The van der Waals surface area contributed by atoms with E-state index in [9.17, 15) is 24.3 Å². The van der Waals surface area contributed by atoms with Crippen LogP contribution < -0.4 is 27.8 Å². The van der Waals surface area contributed by atoms with Crippen LogP contribution in [0.3, 0.4) is 0 Å². The van der Waals surface area contributed by atoms with Crippen molar-refractivity contribution in [3.8, 4) is 0 Å². The number of nitrogens with one attached hydrogen (secondary N) is 2. The first-order valence-electron chi connectivity index (χ1n) is 11.8. The second-order valence-electron chi connectivity index (χ2n) is 9.50. The number of hydrogen-bond acceptors (Lipinski definition) is 6. The van der Waals surface area contributed by atoms with Gasteiger partial charge in [0.1, 0.15) is 18.1 Å². The molecule has 1 saturated heterocycles. The van der Waals surface area contributed by atoms with E-state index in [4.69, 9.17) is 17.2 Å². The smallest absolute Gasteiger partial charge is 0.326 e. The molecular weight excluding hydrogens is 442 g/mol. The molecule has 12 heteroatoms. The van der Waals surface area contributed by atoms with E-state index in [0.717, 1.165) is 0 Å². The molecule has 34 heavy (non-hydrogen) atoms. The molecule has 0 aromatic heterocycles. The van der Waals surface area contributed by atoms with Crippen LogP contribution in [0.1, 0.15) is 59.8 Å². The Labute approximate surface area is 201 Å². The topological polar surface area (TPSA) is 206 Å². The zero-order valence-corrected chi connectivity index (χ0v) is 20.6. The number of nitrogens with two attached hydrogens (primary N) is 3. The Morgan fingerprint density at radius 1 is 1.09 bits per heavy atom. The SMILES string of the molecule is CC(C)CC(NC(=O)C1CCCN1C(=O)C(CCCN=C(N)N)NC(=O)C(N)C(C)C)C(=O)O. The highest BCUT2D eigenvalue weighted by atomic mass is 16.4. The van der Waals surface area contributed by atoms with Crippen LogP contribution in [0.5, 0.6) is 0 Å². The molecule has 0 spiro atoms. The summed E-state index contributed by atoms with van der Waals surface area (Å²) < 4.78 is 0. The van der Waals surface area contributed by atoms with E-state index in [1.54, 1.807) is 13.8 Å². The lowest BCUT2D eigenvalue weighted by Gasteiger charge is -2.30. The van der Waals surface area contributed by atoms with Crippen molar-refractivity contribution in [1.82, 2.24) is 15.5 Å². The number of aliphatic imine (C=N–C) groups is 1. The van der Waals surface area contributed by atoms with Crippen molar-refractivity contribution in [3.63, 3.8) is 0 Å². The minimum atomic E-state index is -1.12. The fraction of sp³-hybridized carbons (Fsp3) is 0.773. The summed E-state index contributed by atoms with van der Waals surface area (Å²) in [6.07, 6.45) is 1.95. The molecule has 4 unspecified atom stereocenters. The van der Waals surface area contributed by atoms with Crippen LogP contribution in [0.2, 0.25) is 0 Å². The number of hydrogen-bond donors (Lipinski definition) is 6. The van der Waals surface area contributed by atoms with Gasteiger partial charge in [-0.3, -0.25) is 19.4 Å². The Kier molecular flexibility index (Phi) is 11.8. The third-order valence-electron chi connectivity index (χ3n) is 5.74. The van der Waals surface area contributed by atoms with Gasteiger partial charge in [0.2, 0.25) is 17.7 Å². The number of aliphatic carboxylic acids is 1. The van der Waals surface area contributed by atoms with Crippen molar-refractivity contribution < 1.29 is 24.3 Å². The molecule has 1 rings (SSSR count). The highest BCUT2D eigenvalue weighted by Gasteiger charge is 2.39. The molecule has 1 fully saturated rings. The highest BCUT2D eigenvalue weighted by molar-refractivity contribution is 5.94. The molecule has 1 aliphatic rings. The van der Waals surface area contributed by atoms with Gasteiger partial charge in [0.05, 0.1) is 6.04 Å². The average Bonchev–Trinajstić information content (AvgIpc) is 3.23. The van der Waals surface area contributed by atoms with E-state index in [-0.39, 0.29) is 37.2 Å². The third kappa shape index (κ3) is 9.16. The number of carbonyl (C=O) groups is 4. The predicted molar refractivity (Wildman–Crippen MR) is 128 cm³/mol. The zero-order chi connectivity index (χ0) is 26.0. The summed E-state index contributed by atoms with van der Waals surface area (Å²) in [6, 6.07) is -3.55. The normalized spacial score (nSPS) is 18.3. The number of carboxylic acid groups (broad SMARTS) is 1. The monoisotopic (exact) mass is 483 g/mol. The zero-order valence-electron chi connectivity index (χ0n) is 20.6. The molecule has 0 radical (unpaired) electrons. The lowest BCUT2D eigenvalue weighted by molar-refractivity contribution is -0.145. The standard InChI is InChI=1S/C22H41N7O5/c1-12(2)11-15(21(33)34)28-18(30)16-8-6-10-29(16)20(32)14(7-5-9-26-22(24)25)27-19(31)17(23)13(3)4/h12-17H,5-11,23H2,1-4H3,(H,27,31)(H,28,30)(H,33,34)(H4,24,25,26). The lowest BCUT2D eigenvalue weighted by Crippen LogP contribution is -2.57. The van der Waals surface area contributed by atoms with Gasteiger partial charge in [-0.15, -0.1) is 0 Å². The largest absolute Gasteiger partial charge is 0.480 e. The number of amides is 3. The van der Waals surface area contributed by atoms with Gasteiger partial charge in [0.15, 0.2) is 5.96 Å². The molecule has 4 atom stereocenters. The molecule has 3 amide bonds. The number of nitrogens with zero attached hydrogens (tertiary/aromatic N) is 2. The summed E-state index contributed by atoms with van der Waals surface area (Å²) in [7, 11) is 0. The van der Waals surface area contributed by atoms with Crippen LogP contribution in [-0.2, 0) is 19.2 Å². The minimum Gasteiger partial charge on any atom is -0.480 e. The summed E-state index contributed by atoms with van der Waals surface area (Å²) in [5, 5.41) is 14.7. The quantitative estimate of drug-likeness (QED) is 0.110. The summed E-state index contributed by atoms with van der Waals surface area (Å²) in [4.78, 5) is 55.8. The molecule has 1 heterocycles. The molecule has 0 aromatic carbocycles. The first-order chi connectivity index (χ1) is 15.8. The van der Waals surface area contributed by atoms with E-state index in [0.29, 0.717) is 25.8 Å². The van der Waals surface area contributed by atoms with Gasteiger partial charge in [0, 0.05) is 13.1 Å². The van der Waals surface area contributed by atoms with E-state index in [1.165, 1.54) is 4.90 Å². The molecule has 194 valence electrons. The Morgan fingerprint density at radius 2 is 1.74 bits per heavy atom.